The summed E-state index contributed by atoms with van der Waals surface area (Å²) in [5.74, 6) is 0. The normalized spacial score (nSPS) is 25.9. The van der Waals surface area contributed by atoms with Crippen LogP contribution < -0.4 is 0 Å². The van der Waals surface area contributed by atoms with Gasteiger partial charge in [-0.1, -0.05) is 11.6 Å². The summed E-state index contributed by atoms with van der Waals surface area (Å²) >= 11 is 7.96. The molecule has 0 aliphatic carbocycles. The molecule has 0 amide bonds. The molecule has 0 radical (unpaired) electrons. The number of hydrogen-bond acceptors (Lipinski definition) is 3. The van der Waals surface area contributed by atoms with Gasteiger partial charge in [0, 0.05) is 6.54 Å². The van der Waals surface area contributed by atoms with Crippen molar-refractivity contribution in [3.63, 3.8) is 0 Å². The average molecular weight is 259 g/mol. The van der Waals surface area contributed by atoms with Gasteiger partial charge in [-0.15, -0.1) is 0 Å². The Balaban J connectivity index is 2.51. The van der Waals surface area contributed by atoms with E-state index in [4.69, 9.17) is 11.6 Å². The largest absolute Gasteiger partial charge is 0.267 e. The zero-order valence-corrected chi connectivity index (χ0v) is 7.87. The Morgan fingerprint density at radius 2 is 2.56 bits per heavy atom. The molecule has 9 heavy (non-hydrogen) atoms. The van der Waals surface area contributed by atoms with E-state index >= 15 is 0 Å². The third-order valence-corrected chi connectivity index (χ3v) is 2.63. The molecule has 52 valence electrons. The topological polar surface area (TPSA) is 18.8 Å². The Labute approximate surface area is 73.1 Å². The lowest BCUT2D eigenvalue weighted by molar-refractivity contribution is 0.267. The van der Waals surface area contributed by atoms with Crippen molar-refractivity contribution in [3.8, 4) is 0 Å². The first kappa shape index (κ1) is 7.40. The molecule has 5 heteroatoms. The van der Waals surface area contributed by atoms with E-state index in [2.05, 4.69) is 28.0 Å². The average Bonchev–Trinajstić information content (AvgIpc) is 2.15. The van der Waals surface area contributed by atoms with E-state index in [1.807, 2.05) is 10.0 Å². The molecule has 3 nitrogen and oxygen atoms in total. The summed E-state index contributed by atoms with van der Waals surface area (Å²) in [5.41, 5.74) is -0.101. The highest BCUT2D eigenvalue weighted by molar-refractivity contribution is 14.1. The molecule has 1 unspecified atom stereocenters. The van der Waals surface area contributed by atoms with Crippen LogP contribution in [0.25, 0.3) is 0 Å². The van der Waals surface area contributed by atoms with Crippen LogP contribution in [-0.4, -0.2) is 26.6 Å². The number of hydrogen-bond donors (Lipinski definition) is 0. The lowest BCUT2D eigenvalue weighted by Crippen LogP contribution is -2.28. The monoisotopic (exact) mass is 259 g/mol. The number of alkyl halides is 1. The van der Waals surface area contributed by atoms with Crippen LogP contribution in [0, 0.1) is 0 Å². The van der Waals surface area contributed by atoms with Crippen LogP contribution in [0.1, 0.15) is 6.92 Å². The molecule has 1 heterocycles. The molecule has 0 aromatic heterocycles. The van der Waals surface area contributed by atoms with Crippen LogP contribution in [0.4, 0.5) is 0 Å². The van der Waals surface area contributed by atoms with Crippen molar-refractivity contribution in [2.45, 2.75) is 12.5 Å². The van der Waals surface area contributed by atoms with E-state index in [0.29, 0.717) is 0 Å². The zero-order valence-electron chi connectivity index (χ0n) is 4.96. The fourth-order valence-corrected chi connectivity index (χ4v) is 1.22. The summed E-state index contributed by atoms with van der Waals surface area (Å²) in [4.78, 5) is 0. The molecule has 1 aliphatic rings. The van der Waals surface area contributed by atoms with Gasteiger partial charge in [0.1, 0.15) is 6.34 Å². The van der Waals surface area contributed by atoms with Crippen LogP contribution in [0.2, 0.25) is 0 Å². The molecular formula is C4H7ClIN3. The van der Waals surface area contributed by atoms with Gasteiger partial charge in [0.25, 0.3) is 0 Å². The fourth-order valence-electron chi connectivity index (χ4n) is 0.585. The standard InChI is InChI=1S/C4H7ClIN3/c1-2-9-4(5)8(6)3-7-9/h3-4H,2H2,1H3. The van der Waals surface area contributed by atoms with E-state index in [1.165, 1.54) is 0 Å². The van der Waals surface area contributed by atoms with E-state index in [9.17, 15) is 0 Å². The molecule has 0 N–H and O–H groups in total. The summed E-state index contributed by atoms with van der Waals surface area (Å²) in [6.45, 7) is 2.87. The zero-order chi connectivity index (χ0) is 6.85. The van der Waals surface area contributed by atoms with Gasteiger partial charge in [-0.05, 0) is 6.92 Å². The van der Waals surface area contributed by atoms with Gasteiger partial charge in [0.05, 0.1) is 22.9 Å². The smallest absolute Gasteiger partial charge is 0.204 e. The number of halogens is 2. The molecule has 1 aliphatic heterocycles. The molecule has 1 atom stereocenters. The third kappa shape index (κ3) is 1.40. The van der Waals surface area contributed by atoms with Crippen LogP contribution in [0.15, 0.2) is 5.10 Å². The van der Waals surface area contributed by atoms with E-state index in [1.54, 1.807) is 11.3 Å². The van der Waals surface area contributed by atoms with Crippen molar-refractivity contribution >= 4 is 40.8 Å². The van der Waals surface area contributed by atoms with E-state index < -0.39 is 0 Å². The SMILES string of the molecule is CCN1N=CN(I)C1Cl. The third-order valence-electron chi connectivity index (χ3n) is 1.08. The van der Waals surface area contributed by atoms with Crippen LogP contribution in [0.5, 0.6) is 0 Å². The lowest BCUT2D eigenvalue weighted by Gasteiger charge is -2.18. The Morgan fingerprint density at radius 3 is 2.78 bits per heavy atom. The Morgan fingerprint density at radius 1 is 1.89 bits per heavy atom. The summed E-state index contributed by atoms with van der Waals surface area (Å²) in [6, 6.07) is 0. The minimum Gasteiger partial charge on any atom is -0.267 e. The van der Waals surface area contributed by atoms with E-state index in [0.717, 1.165) is 6.54 Å². The van der Waals surface area contributed by atoms with Crippen LogP contribution >= 0.6 is 34.5 Å². The van der Waals surface area contributed by atoms with Gasteiger partial charge in [-0.2, -0.15) is 5.10 Å². The second kappa shape index (κ2) is 2.92. The predicted octanol–water partition coefficient (Wildman–Crippen LogP) is 1.44. The molecular weight excluding hydrogens is 252 g/mol. The van der Waals surface area contributed by atoms with Gasteiger partial charge in [0.2, 0.25) is 5.62 Å². The van der Waals surface area contributed by atoms with Crippen molar-refractivity contribution in [2.24, 2.45) is 5.10 Å². The number of hydrazone groups is 1. The van der Waals surface area contributed by atoms with Gasteiger partial charge < -0.3 is 0 Å². The molecule has 0 bridgehead atoms. The summed E-state index contributed by atoms with van der Waals surface area (Å²) in [6.07, 6.45) is 1.71. The van der Waals surface area contributed by atoms with E-state index in [-0.39, 0.29) is 5.62 Å². The van der Waals surface area contributed by atoms with Gasteiger partial charge in [-0.3, -0.25) is 8.12 Å². The molecule has 0 aromatic rings. The highest BCUT2D eigenvalue weighted by Crippen LogP contribution is 2.18. The second-order valence-electron chi connectivity index (χ2n) is 1.64. The maximum absolute atomic E-state index is 5.85. The fraction of sp³-hybridized carbons (Fsp3) is 0.750. The Bertz CT molecular complexity index is 129. The summed E-state index contributed by atoms with van der Waals surface area (Å²) < 4.78 is 1.82. The Kier molecular flexibility index (Phi) is 2.40. The van der Waals surface area contributed by atoms with Crippen molar-refractivity contribution in [1.82, 2.24) is 8.12 Å². The minimum absolute atomic E-state index is 0.101. The molecule has 0 saturated heterocycles. The minimum atomic E-state index is -0.101. The lowest BCUT2D eigenvalue weighted by atomic mass is 10.7. The highest BCUT2D eigenvalue weighted by Gasteiger charge is 2.21. The molecule has 0 saturated carbocycles. The molecule has 0 spiro atoms. The molecule has 0 aromatic carbocycles. The van der Waals surface area contributed by atoms with Gasteiger partial charge in [-0.25, -0.2) is 0 Å². The number of nitrogens with zero attached hydrogens (tertiary/aromatic N) is 3. The quantitative estimate of drug-likeness (QED) is 0.307. The summed E-state index contributed by atoms with van der Waals surface area (Å²) in [7, 11) is 0. The predicted molar refractivity (Wildman–Crippen MR) is 46.4 cm³/mol. The Hall–Kier alpha value is 0.290. The first-order chi connectivity index (χ1) is 4.25. The summed E-state index contributed by atoms with van der Waals surface area (Å²) in [5, 5.41) is 5.81. The van der Waals surface area contributed by atoms with Crippen molar-refractivity contribution in [1.29, 1.82) is 0 Å². The molecule has 0 fully saturated rings. The first-order valence-electron chi connectivity index (χ1n) is 2.64. The first-order valence-corrected chi connectivity index (χ1v) is 4.04. The van der Waals surface area contributed by atoms with Crippen LogP contribution in [0.3, 0.4) is 0 Å². The van der Waals surface area contributed by atoms with Gasteiger partial charge >= 0.3 is 0 Å². The van der Waals surface area contributed by atoms with Crippen LogP contribution in [-0.2, 0) is 0 Å². The van der Waals surface area contributed by atoms with Crippen molar-refractivity contribution < 1.29 is 0 Å². The van der Waals surface area contributed by atoms with Crippen molar-refractivity contribution in [2.75, 3.05) is 6.54 Å². The number of rotatable bonds is 1. The maximum atomic E-state index is 5.85. The molecule has 1 rings (SSSR count). The van der Waals surface area contributed by atoms with Gasteiger partial charge in [0.15, 0.2) is 0 Å². The maximum Gasteiger partial charge on any atom is 0.204 e. The highest BCUT2D eigenvalue weighted by atomic mass is 127. The second-order valence-corrected chi connectivity index (χ2v) is 3.15. The van der Waals surface area contributed by atoms with Crippen molar-refractivity contribution in [3.05, 3.63) is 0 Å².